The highest BCUT2D eigenvalue weighted by molar-refractivity contribution is 5.50. The predicted molar refractivity (Wildman–Crippen MR) is 65.7 cm³/mol. The zero-order chi connectivity index (χ0) is 11.3. The second-order valence-corrected chi connectivity index (χ2v) is 3.28. The first-order valence-electron chi connectivity index (χ1n) is 5.03. The van der Waals surface area contributed by atoms with E-state index in [1.54, 1.807) is 6.08 Å². The maximum atomic E-state index is 3.93. The van der Waals surface area contributed by atoms with Crippen molar-refractivity contribution in [1.29, 1.82) is 0 Å². The summed E-state index contributed by atoms with van der Waals surface area (Å²) in [7, 11) is 1.94. The third-order valence-corrected chi connectivity index (χ3v) is 2.36. The van der Waals surface area contributed by atoms with E-state index in [2.05, 4.69) is 42.8 Å². The molecule has 0 saturated carbocycles. The fraction of sp³-hybridized carbons (Fsp3) is 0.231. The van der Waals surface area contributed by atoms with Crippen molar-refractivity contribution in [3.05, 3.63) is 55.3 Å². The third kappa shape index (κ3) is 2.70. The first kappa shape index (κ1) is 11.5. The number of allylic oxidation sites excluding steroid dienone is 1. The van der Waals surface area contributed by atoms with Crippen LogP contribution in [0.5, 0.6) is 0 Å². The Hall–Kier alpha value is -1.54. The van der Waals surface area contributed by atoms with Gasteiger partial charge in [0.2, 0.25) is 0 Å². The van der Waals surface area contributed by atoms with Gasteiger partial charge in [0.1, 0.15) is 11.7 Å². The Balaban J connectivity index is 2.79. The van der Waals surface area contributed by atoms with Crippen LogP contribution in [0.25, 0.3) is 0 Å². The Morgan fingerprint density at radius 3 is 2.47 bits per heavy atom. The first-order chi connectivity index (χ1) is 7.22. The zero-order valence-corrected chi connectivity index (χ0v) is 9.40. The van der Waals surface area contributed by atoms with E-state index >= 15 is 0 Å². The average Bonchev–Trinajstić information content (AvgIpc) is 2.30. The van der Waals surface area contributed by atoms with Gasteiger partial charge in [-0.2, -0.15) is 0 Å². The lowest BCUT2D eigenvalue weighted by molar-refractivity contribution is -0.435. The van der Waals surface area contributed by atoms with Crippen LogP contribution in [-0.2, 0) is 0 Å². The van der Waals surface area contributed by atoms with Crippen LogP contribution in [0.15, 0.2) is 49.2 Å². The van der Waals surface area contributed by atoms with Gasteiger partial charge in [0.25, 0.3) is 0 Å². The lowest BCUT2D eigenvalue weighted by Gasteiger charge is -2.20. The molecular formula is C13H18N2. The van der Waals surface area contributed by atoms with Crippen LogP contribution in [-0.4, -0.2) is 23.9 Å². The van der Waals surface area contributed by atoms with Gasteiger partial charge in [-0.15, -0.1) is 18.7 Å². The number of hydrogen-bond acceptors (Lipinski definition) is 1. The minimum Gasteiger partial charge on any atom is -0.323 e. The molecule has 0 amide bonds. The van der Waals surface area contributed by atoms with Gasteiger partial charge in [-0.05, 0) is 26.1 Å². The van der Waals surface area contributed by atoms with Crippen LogP contribution in [0.3, 0.4) is 0 Å². The molecule has 0 aromatic rings. The van der Waals surface area contributed by atoms with Crippen LogP contribution >= 0.6 is 0 Å². The second-order valence-electron chi connectivity index (χ2n) is 3.28. The standard InChI is InChI=1S/C13H18N2/c1-5-11(3)15(6-2)13-9-7-12(14-4)8-10-13/h5-10,12,14H,1,3H2,2,4H3. The quantitative estimate of drug-likeness (QED) is 0.319. The highest BCUT2D eigenvalue weighted by Gasteiger charge is 2.13. The summed E-state index contributed by atoms with van der Waals surface area (Å²) in [6.07, 6.45) is 12.1. The molecule has 2 nitrogen and oxygen atoms in total. The molecule has 0 bridgehead atoms. The Labute approximate surface area is 92.0 Å². The highest BCUT2D eigenvalue weighted by atomic mass is 15.0. The maximum absolute atomic E-state index is 3.93. The first-order valence-corrected chi connectivity index (χ1v) is 5.03. The molecule has 1 aliphatic carbocycles. The van der Waals surface area contributed by atoms with Gasteiger partial charge in [0.05, 0.1) is 6.21 Å². The summed E-state index contributed by atoms with van der Waals surface area (Å²) >= 11 is 0. The van der Waals surface area contributed by atoms with Crippen molar-refractivity contribution in [3.8, 4) is 0 Å². The molecule has 0 aromatic heterocycles. The fourth-order valence-corrected chi connectivity index (χ4v) is 1.46. The van der Waals surface area contributed by atoms with Crippen molar-refractivity contribution < 1.29 is 4.58 Å². The summed E-state index contributed by atoms with van der Waals surface area (Å²) in [6, 6.07) is 1.43. The molecule has 0 spiro atoms. The van der Waals surface area contributed by atoms with Crippen LogP contribution < -0.4 is 5.32 Å². The van der Waals surface area contributed by atoms with Crippen molar-refractivity contribution in [2.75, 3.05) is 7.05 Å². The summed E-state index contributed by atoms with van der Waals surface area (Å²) in [5, 5.41) is 3.17. The molecule has 80 valence electrons. The van der Waals surface area contributed by atoms with E-state index in [1.807, 2.05) is 24.8 Å². The van der Waals surface area contributed by atoms with E-state index in [4.69, 9.17) is 0 Å². The number of hydrogen-bond donors (Lipinski definition) is 1. The Morgan fingerprint density at radius 1 is 1.47 bits per heavy atom. The van der Waals surface area contributed by atoms with Crippen molar-refractivity contribution in [3.63, 3.8) is 0 Å². The van der Waals surface area contributed by atoms with Gasteiger partial charge < -0.3 is 5.32 Å². The summed E-state index contributed by atoms with van der Waals surface area (Å²) in [5.41, 5.74) is 0.879. The van der Waals surface area contributed by atoms with Crippen LogP contribution in [0, 0.1) is 6.04 Å². The van der Waals surface area contributed by atoms with E-state index in [-0.39, 0.29) is 0 Å². The number of nitrogens with zero attached hydrogens (tertiary/aromatic N) is 1. The van der Waals surface area contributed by atoms with Crippen molar-refractivity contribution in [1.82, 2.24) is 5.32 Å². The largest absolute Gasteiger partial charge is 0.323 e. The van der Waals surface area contributed by atoms with Crippen LogP contribution in [0.2, 0.25) is 0 Å². The smallest absolute Gasteiger partial charge is 0.140 e. The molecule has 1 N–H and O–H groups in total. The number of nitrogens with one attached hydrogen (secondary N) is 1. The Bertz CT molecular complexity index is 320. The van der Waals surface area contributed by atoms with E-state index in [0.29, 0.717) is 6.04 Å². The molecule has 0 fully saturated rings. The molecule has 15 heavy (non-hydrogen) atoms. The van der Waals surface area contributed by atoms with Gasteiger partial charge >= 0.3 is 0 Å². The van der Waals surface area contributed by atoms with Crippen LogP contribution in [0.1, 0.15) is 6.92 Å². The Morgan fingerprint density at radius 2 is 2.07 bits per heavy atom. The topological polar surface area (TPSA) is 15.0 Å². The normalized spacial score (nSPS) is 16.9. The van der Waals surface area contributed by atoms with E-state index in [9.17, 15) is 0 Å². The van der Waals surface area contributed by atoms with Crippen molar-refractivity contribution >= 4 is 6.21 Å². The van der Waals surface area contributed by atoms with Gasteiger partial charge in [0.15, 0.2) is 0 Å². The average molecular weight is 202 g/mol. The van der Waals surface area contributed by atoms with Gasteiger partial charge in [-0.3, -0.25) is 4.58 Å². The summed E-state index contributed by atoms with van der Waals surface area (Å²) < 4.78 is 2.01. The van der Waals surface area contributed by atoms with Crippen LogP contribution in [0.4, 0.5) is 0 Å². The summed E-state index contributed by atoms with van der Waals surface area (Å²) in [4.78, 5) is 0. The van der Waals surface area contributed by atoms with E-state index in [1.165, 1.54) is 0 Å². The second kappa shape index (κ2) is 5.37. The molecule has 0 saturated heterocycles. The molecule has 0 aromatic carbocycles. The van der Waals surface area contributed by atoms with E-state index in [0.717, 1.165) is 11.7 Å². The minimum absolute atomic E-state index is 0.324. The molecule has 0 radical (unpaired) electrons. The SMILES string of the molecule is C=CC(=C)[N+](=CC)[C-]1C=CC(NC)C=C1. The zero-order valence-electron chi connectivity index (χ0n) is 9.40. The lowest BCUT2D eigenvalue weighted by atomic mass is 10.1. The monoisotopic (exact) mass is 202 g/mol. The third-order valence-electron chi connectivity index (χ3n) is 2.36. The molecule has 0 aliphatic heterocycles. The fourth-order valence-electron chi connectivity index (χ4n) is 1.46. The van der Waals surface area contributed by atoms with Gasteiger partial charge in [0, 0.05) is 0 Å². The molecule has 1 aliphatic rings. The minimum atomic E-state index is 0.324. The van der Waals surface area contributed by atoms with Crippen molar-refractivity contribution in [2.24, 2.45) is 0 Å². The molecule has 0 atom stereocenters. The van der Waals surface area contributed by atoms with Gasteiger partial charge in [-0.1, -0.05) is 18.7 Å². The molecule has 0 unspecified atom stereocenters. The number of likely N-dealkylation sites (N-methyl/N-ethyl adjacent to an activating group) is 1. The van der Waals surface area contributed by atoms with Crippen molar-refractivity contribution in [2.45, 2.75) is 13.0 Å². The maximum Gasteiger partial charge on any atom is 0.140 e. The van der Waals surface area contributed by atoms with E-state index < -0.39 is 0 Å². The summed E-state index contributed by atoms with van der Waals surface area (Å²) in [5.74, 6) is 0. The predicted octanol–water partition coefficient (Wildman–Crippen LogP) is 2.04. The molecular weight excluding hydrogens is 184 g/mol. The lowest BCUT2D eigenvalue weighted by Crippen LogP contribution is -2.24. The number of rotatable bonds is 4. The van der Waals surface area contributed by atoms with Gasteiger partial charge in [-0.25, -0.2) is 0 Å². The summed E-state index contributed by atoms with van der Waals surface area (Å²) in [6.45, 7) is 9.63. The molecule has 0 heterocycles. The Kier molecular flexibility index (Phi) is 4.13. The molecule has 2 heteroatoms. The highest BCUT2D eigenvalue weighted by Crippen LogP contribution is 2.16. The molecule has 1 rings (SSSR count).